The highest BCUT2D eigenvalue weighted by Gasteiger charge is 2.50. The number of nitrogens with one attached hydrogen (secondary N) is 1. The van der Waals surface area contributed by atoms with Gasteiger partial charge >= 0.3 is 0 Å². The Bertz CT molecular complexity index is 297. The first kappa shape index (κ1) is 12.6. The van der Waals surface area contributed by atoms with Crippen molar-refractivity contribution in [3.8, 4) is 0 Å². The number of rotatable bonds is 3. The zero-order valence-electron chi connectivity index (χ0n) is 12.5. The number of likely N-dealkylation sites (N-methyl/N-ethyl adjacent to an activating group) is 1. The molecule has 0 amide bonds. The van der Waals surface area contributed by atoms with Crippen LogP contribution >= 0.6 is 0 Å². The van der Waals surface area contributed by atoms with Crippen LogP contribution in [0.1, 0.15) is 51.9 Å². The van der Waals surface area contributed by atoms with Gasteiger partial charge in [0.05, 0.1) is 0 Å². The van der Waals surface area contributed by atoms with E-state index >= 15 is 0 Å². The summed E-state index contributed by atoms with van der Waals surface area (Å²) < 4.78 is 0. The normalized spacial score (nSPS) is 49.7. The fourth-order valence-electron chi connectivity index (χ4n) is 6.23. The van der Waals surface area contributed by atoms with Gasteiger partial charge in [-0.25, -0.2) is 0 Å². The predicted molar refractivity (Wildman–Crippen MR) is 79.1 cm³/mol. The highest BCUT2D eigenvalue weighted by Crippen LogP contribution is 2.55. The summed E-state index contributed by atoms with van der Waals surface area (Å²) in [6.07, 6.45) is 10.7. The van der Waals surface area contributed by atoms with Crippen LogP contribution in [0.2, 0.25) is 0 Å². The minimum absolute atomic E-state index is 0.774. The summed E-state index contributed by atoms with van der Waals surface area (Å²) in [7, 11) is 0. The van der Waals surface area contributed by atoms with Crippen molar-refractivity contribution in [2.75, 3.05) is 19.6 Å². The Morgan fingerprint density at radius 3 is 2.32 bits per heavy atom. The van der Waals surface area contributed by atoms with E-state index < -0.39 is 0 Å². The van der Waals surface area contributed by atoms with Crippen molar-refractivity contribution < 1.29 is 0 Å². The first-order chi connectivity index (χ1) is 9.33. The Morgan fingerprint density at radius 1 is 1.00 bits per heavy atom. The molecule has 0 spiro atoms. The van der Waals surface area contributed by atoms with Crippen LogP contribution in [0.15, 0.2) is 0 Å². The Hall–Kier alpha value is -0.0800. The van der Waals surface area contributed by atoms with E-state index in [2.05, 4.69) is 17.1 Å². The third-order valence-corrected chi connectivity index (χ3v) is 6.54. The molecule has 19 heavy (non-hydrogen) atoms. The zero-order valence-corrected chi connectivity index (χ0v) is 12.5. The van der Waals surface area contributed by atoms with Crippen LogP contribution in [0.5, 0.6) is 0 Å². The number of hydrogen-bond acceptors (Lipinski definition) is 2. The van der Waals surface area contributed by atoms with Crippen molar-refractivity contribution in [1.82, 2.24) is 10.2 Å². The SMILES string of the molecule is CCNC1CCCN(C2C3CC4CC(C3)CC2C4)C1. The van der Waals surface area contributed by atoms with Crippen LogP contribution in [0.3, 0.4) is 0 Å². The number of hydrogen-bond donors (Lipinski definition) is 1. The smallest absolute Gasteiger partial charge is 0.0195 e. The van der Waals surface area contributed by atoms with Crippen molar-refractivity contribution in [3.05, 3.63) is 0 Å². The molecule has 1 N–H and O–H groups in total. The standard InChI is InChI=1S/C17H30N2/c1-2-18-16-4-3-5-19(11-16)17-14-7-12-6-13(9-14)10-15(17)8-12/h12-18H,2-11H2,1H3. The van der Waals surface area contributed by atoms with E-state index in [1.54, 1.807) is 32.1 Å². The highest BCUT2D eigenvalue weighted by molar-refractivity contribution is 5.03. The molecule has 1 atom stereocenters. The van der Waals surface area contributed by atoms with Gasteiger partial charge in [0.2, 0.25) is 0 Å². The second-order valence-electron chi connectivity index (χ2n) is 7.81. The molecular weight excluding hydrogens is 232 g/mol. The maximum Gasteiger partial charge on any atom is 0.0195 e. The van der Waals surface area contributed by atoms with E-state index in [-0.39, 0.29) is 0 Å². The Morgan fingerprint density at radius 2 is 1.68 bits per heavy atom. The molecule has 1 heterocycles. The van der Waals surface area contributed by atoms with Crippen LogP contribution < -0.4 is 5.32 Å². The molecular formula is C17H30N2. The molecule has 5 rings (SSSR count). The van der Waals surface area contributed by atoms with Gasteiger partial charge in [-0.05, 0) is 81.7 Å². The third kappa shape index (κ3) is 2.25. The molecule has 108 valence electrons. The maximum absolute atomic E-state index is 3.70. The lowest BCUT2D eigenvalue weighted by Crippen LogP contribution is -2.59. The first-order valence-electron chi connectivity index (χ1n) is 8.81. The fourth-order valence-corrected chi connectivity index (χ4v) is 6.23. The van der Waals surface area contributed by atoms with E-state index in [0.29, 0.717) is 0 Å². The second-order valence-corrected chi connectivity index (χ2v) is 7.81. The average Bonchev–Trinajstić information content (AvgIpc) is 2.38. The number of nitrogens with zero attached hydrogens (tertiary/aromatic N) is 1. The lowest BCUT2D eigenvalue weighted by molar-refractivity contribution is -0.0729. The van der Waals surface area contributed by atoms with E-state index in [4.69, 9.17) is 0 Å². The van der Waals surface area contributed by atoms with Crippen LogP contribution in [0.25, 0.3) is 0 Å². The molecule has 0 radical (unpaired) electrons. The molecule has 4 saturated carbocycles. The van der Waals surface area contributed by atoms with Crippen molar-refractivity contribution >= 4 is 0 Å². The van der Waals surface area contributed by atoms with Gasteiger partial charge in [-0.3, -0.25) is 4.90 Å². The molecule has 0 aromatic carbocycles. The van der Waals surface area contributed by atoms with Gasteiger partial charge in [-0.15, -0.1) is 0 Å². The van der Waals surface area contributed by atoms with Crippen LogP contribution in [-0.2, 0) is 0 Å². The molecule has 0 aromatic rings. The fraction of sp³-hybridized carbons (Fsp3) is 1.00. The van der Waals surface area contributed by atoms with E-state index in [9.17, 15) is 0 Å². The Labute approximate surface area is 118 Å². The lowest BCUT2D eigenvalue weighted by Gasteiger charge is -2.58. The largest absolute Gasteiger partial charge is 0.313 e. The van der Waals surface area contributed by atoms with Gasteiger partial charge in [0.1, 0.15) is 0 Å². The number of piperidine rings is 1. The second kappa shape index (κ2) is 5.04. The van der Waals surface area contributed by atoms with Gasteiger partial charge in [0.15, 0.2) is 0 Å². The van der Waals surface area contributed by atoms with E-state index in [1.165, 1.54) is 25.9 Å². The Balaban J connectivity index is 1.46. The third-order valence-electron chi connectivity index (χ3n) is 6.54. The van der Waals surface area contributed by atoms with Crippen molar-refractivity contribution in [1.29, 1.82) is 0 Å². The van der Waals surface area contributed by atoms with E-state index in [1.807, 2.05) is 0 Å². The molecule has 1 aliphatic heterocycles. The number of likely N-dealkylation sites (tertiary alicyclic amines) is 1. The zero-order chi connectivity index (χ0) is 12.8. The van der Waals surface area contributed by atoms with Gasteiger partial charge < -0.3 is 5.32 Å². The predicted octanol–water partition coefficient (Wildman–Crippen LogP) is 2.89. The van der Waals surface area contributed by atoms with Crippen molar-refractivity contribution in [3.63, 3.8) is 0 Å². The molecule has 4 bridgehead atoms. The van der Waals surface area contributed by atoms with Gasteiger partial charge in [-0.2, -0.15) is 0 Å². The average molecular weight is 262 g/mol. The topological polar surface area (TPSA) is 15.3 Å². The molecule has 4 aliphatic carbocycles. The summed E-state index contributed by atoms with van der Waals surface area (Å²) in [6.45, 7) is 6.11. The monoisotopic (exact) mass is 262 g/mol. The first-order valence-corrected chi connectivity index (χ1v) is 8.81. The summed E-state index contributed by atoms with van der Waals surface area (Å²) in [5.41, 5.74) is 0. The molecule has 2 nitrogen and oxygen atoms in total. The molecule has 1 saturated heterocycles. The molecule has 0 aromatic heterocycles. The summed E-state index contributed by atoms with van der Waals surface area (Å²) in [5, 5.41) is 3.70. The van der Waals surface area contributed by atoms with Gasteiger partial charge in [-0.1, -0.05) is 6.92 Å². The molecule has 1 unspecified atom stereocenters. The van der Waals surface area contributed by atoms with Crippen molar-refractivity contribution in [2.45, 2.75) is 64.0 Å². The molecule has 2 heteroatoms. The van der Waals surface area contributed by atoms with Crippen molar-refractivity contribution in [2.24, 2.45) is 23.7 Å². The summed E-state index contributed by atoms with van der Waals surface area (Å²) in [5.74, 6) is 4.37. The van der Waals surface area contributed by atoms with Crippen LogP contribution in [0.4, 0.5) is 0 Å². The van der Waals surface area contributed by atoms with Gasteiger partial charge in [0.25, 0.3) is 0 Å². The summed E-state index contributed by atoms with van der Waals surface area (Å²) >= 11 is 0. The maximum atomic E-state index is 3.70. The van der Waals surface area contributed by atoms with Crippen LogP contribution in [0, 0.1) is 23.7 Å². The highest BCUT2D eigenvalue weighted by atomic mass is 15.2. The summed E-state index contributed by atoms with van der Waals surface area (Å²) in [6, 6.07) is 1.74. The minimum Gasteiger partial charge on any atom is -0.313 e. The summed E-state index contributed by atoms with van der Waals surface area (Å²) in [4.78, 5) is 2.91. The minimum atomic E-state index is 0.774. The molecule has 5 aliphatic rings. The van der Waals surface area contributed by atoms with Crippen LogP contribution in [-0.4, -0.2) is 36.6 Å². The van der Waals surface area contributed by atoms with E-state index in [0.717, 1.165) is 42.3 Å². The quantitative estimate of drug-likeness (QED) is 0.841. The van der Waals surface area contributed by atoms with Gasteiger partial charge in [0, 0.05) is 18.6 Å². The Kier molecular flexibility index (Phi) is 3.35. The molecule has 5 fully saturated rings. The lowest BCUT2D eigenvalue weighted by atomic mass is 9.53.